The van der Waals surface area contributed by atoms with E-state index in [-0.39, 0.29) is 38.2 Å². The van der Waals surface area contributed by atoms with Crippen LogP contribution >= 0.6 is 57.7 Å². The van der Waals surface area contributed by atoms with E-state index in [2.05, 4.69) is 15.3 Å². The number of nitrogens with two attached hydrogens (primary N) is 2. The standard InChI is InChI=1S/C12H9Cl4N5OS/c13-5-2-6(14)9(16)10(8(5)15)20-7(22)1-4-3-23-12(19-4)21-11(17)18/h2-3H,1H2,(H,20,22)(H4,17,18,19,21). The molecule has 0 aliphatic rings. The summed E-state index contributed by atoms with van der Waals surface area (Å²) in [5, 5.41) is 5.16. The Kier molecular flexibility index (Phi) is 5.94. The van der Waals surface area contributed by atoms with Crippen LogP contribution in [0, 0.1) is 0 Å². The zero-order valence-electron chi connectivity index (χ0n) is 11.2. The third-order valence-corrected chi connectivity index (χ3v) is 4.84. The summed E-state index contributed by atoms with van der Waals surface area (Å²) >= 11 is 25.1. The van der Waals surface area contributed by atoms with Crippen molar-refractivity contribution in [1.29, 1.82) is 0 Å². The van der Waals surface area contributed by atoms with Crippen LogP contribution in [0.2, 0.25) is 20.1 Å². The molecule has 0 fully saturated rings. The number of nitrogens with one attached hydrogen (secondary N) is 1. The number of thiazole rings is 1. The summed E-state index contributed by atoms with van der Waals surface area (Å²) < 4.78 is 0. The van der Waals surface area contributed by atoms with E-state index in [1.807, 2.05) is 0 Å². The fraction of sp³-hybridized carbons (Fsp3) is 0.0833. The number of anilines is 1. The zero-order chi connectivity index (χ0) is 17.1. The van der Waals surface area contributed by atoms with Crippen LogP contribution in [0.25, 0.3) is 0 Å². The van der Waals surface area contributed by atoms with E-state index < -0.39 is 5.91 Å². The van der Waals surface area contributed by atoms with Gasteiger partial charge in [0, 0.05) is 5.38 Å². The lowest BCUT2D eigenvalue weighted by atomic mass is 10.2. The zero-order valence-corrected chi connectivity index (χ0v) is 15.1. The molecule has 6 nitrogen and oxygen atoms in total. The van der Waals surface area contributed by atoms with E-state index in [4.69, 9.17) is 57.9 Å². The minimum Gasteiger partial charge on any atom is -0.370 e. The first-order valence-electron chi connectivity index (χ1n) is 5.94. The van der Waals surface area contributed by atoms with Crippen molar-refractivity contribution in [2.45, 2.75) is 6.42 Å². The van der Waals surface area contributed by atoms with Crippen molar-refractivity contribution in [2.75, 3.05) is 5.32 Å². The van der Waals surface area contributed by atoms with Crippen molar-refractivity contribution in [3.63, 3.8) is 0 Å². The van der Waals surface area contributed by atoms with Crippen molar-refractivity contribution in [3.05, 3.63) is 37.2 Å². The van der Waals surface area contributed by atoms with Crippen LogP contribution in [0.3, 0.4) is 0 Å². The number of hydrogen-bond acceptors (Lipinski definition) is 4. The molecule has 1 heterocycles. The number of halogens is 4. The van der Waals surface area contributed by atoms with Gasteiger partial charge in [-0.05, 0) is 6.07 Å². The molecule has 0 radical (unpaired) electrons. The Morgan fingerprint density at radius 3 is 2.39 bits per heavy atom. The van der Waals surface area contributed by atoms with Gasteiger partial charge in [0.2, 0.25) is 11.0 Å². The van der Waals surface area contributed by atoms with Gasteiger partial charge in [-0.15, -0.1) is 11.3 Å². The molecule has 0 unspecified atom stereocenters. The first-order valence-corrected chi connectivity index (χ1v) is 8.34. The summed E-state index contributed by atoms with van der Waals surface area (Å²) in [6.07, 6.45) is -0.0205. The Hall–Kier alpha value is -1.25. The van der Waals surface area contributed by atoms with Crippen LogP contribution in [-0.2, 0) is 11.2 Å². The molecule has 23 heavy (non-hydrogen) atoms. The van der Waals surface area contributed by atoms with E-state index in [1.54, 1.807) is 5.38 Å². The molecule has 0 saturated heterocycles. The van der Waals surface area contributed by atoms with Crippen LogP contribution in [0.4, 0.5) is 10.8 Å². The van der Waals surface area contributed by atoms with E-state index in [9.17, 15) is 4.79 Å². The molecule has 2 aromatic rings. The van der Waals surface area contributed by atoms with Crippen LogP contribution in [0.5, 0.6) is 0 Å². The molecule has 1 amide bonds. The van der Waals surface area contributed by atoms with Crippen LogP contribution in [0.15, 0.2) is 16.4 Å². The number of amides is 1. The molecular formula is C12H9Cl4N5OS. The normalized spacial score (nSPS) is 10.4. The van der Waals surface area contributed by atoms with Gasteiger partial charge >= 0.3 is 0 Å². The van der Waals surface area contributed by atoms with Crippen molar-refractivity contribution in [1.82, 2.24) is 4.98 Å². The summed E-state index contributed by atoms with van der Waals surface area (Å²) in [5.74, 6) is -0.504. The first-order chi connectivity index (χ1) is 10.8. The predicted octanol–water partition coefficient (Wildman–Crippen LogP) is 3.84. The number of rotatable bonds is 4. The number of guanidine groups is 1. The monoisotopic (exact) mass is 411 g/mol. The van der Waals surface area contributed by atoms with Gasteiger partial charge < -0.3 is 16.8 Å². The highest BCUT2D eigenvalue weighted by atomic mass is 35.5. The Morgan fingerprint density at radius 2 is 1.83 bits per heavy atom. The molecule has 122 valence electrons. The van der Waals surface area contributed by atoms with Gasteiger partial charge in [-0.3, -0.25) is 4.79 Å². The molecule has 0 spiro atoms. The molecule has 1 aromatic heterocycles. The number of benzene rings is 1. The molecule has 0 saturated carbocycles. The maximum absolute atomic E-state index is 12.1. The fourth-order valence-corrected chi connectivity index (χ4v) is 3.18. The molecule has 0 bridgehead atoms. The summed E-state index contributed by atoms with van der Waals surface area (Å²) in [6.45, 7) is 0. The lowest BCUT2D eigenvalue weighted by molar-refractivity contribution is -0.115. The van der Waals surface area contributed by atoms with Crippen molar-refractivity contribution in [3.8, 4) is 0 Å². The van der Waals surface area contributed by atoms with Gasteiger partial charge in [-0.2, -0.15) is 4.99 Å². The number of aromatic nitrogens is 1. The van der Waals surface area contributed by atoms with Crippen LogP contribution < -0.4 is 16.8 Å². The van der Waals surface area contributed by atoms with Crippen molar-refractivity contribution < 1.29 is 4.79 Å². The molecule has 11 heteroatoms. The second kappa shape index (κ2) is 7.55. The first kappa shape index (κ1) is 18.1. The number of nitrogens with zero attached hydrogens (tertiary/aromatic N) is 2. The van der Waals surface area contributed by atoms with Gasteiger partial charge in [0.25, 0.3) is 0 Å². The lowest BCUT2D eigenvalue weighted by Crippen LogP contribution is -2.21. The lowest BCUT2D eigenvalue weighted by Gasteiger charge is -2.11. The van der Waals surface area contributed by atoms with Crippen LogP contribution in [0.1, 0.15) is 5.69 Å². The third-order valence-electron chi connectivity index (χ3n) is 2.48. The average Bonchev–Trinajstić information content (AvgIpc) is 2.87. The minimum absolute atomic E-state index is 0.0205. The van der Waals surface area contributed by atoms with E-state index >= 15 is 0 Å². The van der Waals surface area contributed by atoms with Gasteiger partial charge in [0.05, 0.1) is 37.9 Å². The topological polar surface area (TPSA) is 106 Å². The molecule has 5 N–H and O–H groups in total. The quantitative estimate of drug-likeness (QED) is 0.402. The fourth-order valence-electron chi connectivity index (χ4n) is 1.57. The highest BCUT2D eigenvalue weighted by molar-refractivity contribution is 7.13. The summed E-state index contributed by atoms with van der Waals surface area (Å²) in [5.41, 5.74) is 11.2. The third kappa shape index (κ3) is 4.62. The Labute approximate surface area is 155 Å². The maximum Gasteiger partial charge on any atom is 0.230 e. The van der Waals surface area contributed by atoms with Crippen LogP contribution in [-0.4, -0.2) is 16.9 Å². The second-order valence-electron chi connectivity index (χ2n) is 4.23. The van der Waals surface area contributed by atoms with E-state index in [0.717, 1.165) is 0 Å². The Balaban J connectivity index is 2.14. The largest absolute Gasteiger partial charge is 0.370 e. The SMILES string of the molecule is NC(N)=Nc1nc(CC(=O)Nc2c(Cl)c(Cl)cc(Cl)c2Cl)cs1. The number of aliphatic imine (C=N–C) groups is 1. The maximum atomic E-state index is 12.1. The minimum atomic E-state index is -0.395. The molecule has 2 rings (SSSR count). The number of carbonyl (C=O) groups excluding carboxylic acids is 1. The summed E-state index contributed by atoms with van der Waals surface area (Å²) in [4.78, 5) is 20.0. The molecule has 1 aromatic carbocycles. The molecule has 0 aliphatic heterocycles. The highest BCUT2D eigenvalue weighted by Gasteiger charge is 2.17. The molecular weight excluding hydrogens is 404 g/mol. The highest BCUT2D eigenvalue weighted by Crippen LogP contribution is 2.41. The summed E-state index contributed by atoms with van der Waals surface area (Å²) in [7, 11) is 0. The molecule has 0 atom stereocenters. The summed E-state index contributed by atoms with van der Waals surface area (Å²) in [6, 6.07) is 1.39. The van der Waals surface area contributed by atoms with Crippen molar-refractivity contribution >= 4 is 80.4 Å². The Bertz CT molecular complexity index is 762. The van der Waals surface area contributed by atoms with E-state index in [0.29, 0.717) is 10.8 Å². The Morgan fingerprint density at radius 1 is 1.22 bits per heavy atom. The average molecular weight is 413 g/mol. The predicted molar refractivity (Wildman–Crippen MR) is 96.4 cm³/mol. The smallest absolute Gasteiger partial charge is 0.230 e. The van der Waals surface area contributed by atoms with Gasteiger partial charge in [0.1, 0.15) is 0 Å². The van der Waals surface area contributed by atoms with Gasteiger partial charge in [-0.25, -0.2) is 4.98 Å². The molecule has 0 aliphatic carbocycles. The van der Waals surface area contributed by atoms with Gasteiger partial charge in [0.15, 0.2) is 5.96 Å². The van der Waals surface area contributed by atoms with Crippen molar-refractivity contribution in [2.24, 2.45) is 16.5 Å². The second-order valence-corrected chi connectivity index (χ2v) is 6.63. The van der Waals surface area contributed by atoms with Gasteiger partial charge in [-0.1, -0.05) is 46.4 Å². The number of carbonyl (C=O) groups is 1. The van der Waals surface area contributed by atoms with E-state index in [1.165, 1.54) is 17.4 Å². The number of hydrogen-bond donors (Lipinski definition) is 3.